The first-order valence-electron chi connectivity index (χ1n) is 5.81. The number of aromatic nitrogens is 4. The molecular weight excluding hydrogens is 230 g/mol. The molecule has 2 heterocycles. The van der Waals surface area contributed by atoms with Crippen LogP contribution in [0.1, 0.15) is 32.2 Å². The summed E-state index contributed by atoms with van der Waals surface area (Å²) in [4.78, 5) is 12.6. The molecule has 0 aromatic carbocycles. The molecule has 2 rings (SSSR count). The van der Waals surface area contributed by atoms with E-state index in [1.54, 1.807) is 12.4 Å². The highest BCUT2D eigenvalue weighted by atomic mass is 16.5. The first kappa shape index (κ1) is 12.6. The van der Waals surface area contributed by atoms with Gasteiger partial charge in [-0.2, -0.15) is 4.98 Å². The van der Waals surface area contributed by atoms with Crippen molar-refractivity contribution < 1.29 is 4.52 Å². The summed E-state index contributed by atoms with van der Waals surface area (Å²) in [5.74, 6) is 1.43. The van der Waals surface area contributed by atoms with Gasteiger partial charge in [0.2, 0.25) is 17.5 Å². The van der Waals surface area contributed by atoms with E-state index in [2.05, 4.69) is 46.2 Å². The summed E-state index contributed by atoms with van der Waals surface area (Å²) in [6.07, 6.45) is 3.46. The lowest BCUT2D eigenvalue weighted by atomic mass is 10.1. The maximum absolute atomic E-state index is 5.14. The van der Waals surface area contributed by atoms with E-state index in [0.29, 0.717) is 24.1 Å². The molecule has 0 fully saturated rings. The molecule has 0 radical (unpaired) electrons. The fraction of sp³-hybridized carbons (Fsp3) is 0.500. The second kappa shape index (κ2) is 4.81. The van der Waals surface area contributed by atoms with Crippen LogP contribution in [0.15, 0.2) is 16.9 Å². The first-order valence-corrected chi connectivity index (χ1v) is 5.81. The van der Waals surface area contributed by atoms with Gasteiger partial charge >= 0.3 is 0 Å². The zero-order valence-corrected chi connectivity index (χ0v) is 11.1. The molecule has 0 aliphatic heterocycles. The topological polar surface area (TPSA) is 76.7 Å². The molecule has 0 aliphatic rings. The summed E-state index contributed by atoms with van der Waals surface area (Å²) in [5, 5.41) is 7.14. The quantitative estimate of drug-likeness (QED) is 0.890. The average Bonchev–Trinajstić information content (AvgIpc) is 2.75. The average molecular weight is 247 g/mol. The molecule has 2 aromatic heterocycles. The van der Waals surface area contributed by atoms with Gasteiger partial charge in [0.1, 0.15) is 0 Å². The summed E-state index contributed by atoms with van der Waals surface area (Å²) < 4.78 is 5.14. The number of nitrogens with zero attached hydrogens (tertiary/aromatic N) is 4. The van der Waals surface area contributed by atoms with Crippen molar-refractivity contribution in [3.63, 3.8) is 0 Å². The Morgan fingerprint density at radius 1 is 1.17 bits per heavy atom. The zero-order valence-electron chi connectivity index (χ0n) is 11.1. The molecule has 6 nitrogen and oxygen atoms in total. The number of hydrogen-bond acceptors (Lipinski definition) is 6. The fourth-order valence-electron chi connectivity index (χ4n) is 1.27. The Balaban J connectivity index is 2.08. The Kier molecular flexibility index (Phi) is 3.38. The second-order valence-corrected chi connectivity index (χ2v) is 5.20. The molecule has 0 unspecified atom stereocenters. The van der Waals surface area contributed by atoms with Crippen LogP contribution in [0.3, 0.4) is 0 Å². The molecule has 0 bridgehead atoms. The summed E-state index contributed by atoms with van der Waals surface area (Å²) >= 11 is 0. The van der Waals surface area contributed by atoms with Crippen molar-refractivity contribution in [1.82, 2.24) is 25.4 Å². The van der Waals surface area contributed by atoms with Gasteiger partial charge in [-0.25, -0.2) is 9.97 Å². The van der Waals surface area contributed by atoms with Crippen LogP contribution in [-0.2, 0) is 6.54 Å². The van der Waals surface area contributed by atoms with E-state index in [0.717, 1.165) is 5.56 Å². The maximum Gasteiger partial charge on any atom is 0.241 e. The van der Waals surface area contributed by atoms with Gasteiger partial charge in [0, 0.05) is 17.9 Å². The number of hydrogen-bond donors (Lipinski definition) is 1. The third-order valence-electron chi connectivity index (χ3n) is 2.22. The van der Waals surface area contributed by atoms with Crippen LogP contribution in [-0.4, -0.2) is 25.6 Å². The van der Waals surface area contributed by atoms with Gasteiger partial charge < -0.3 is 9.84 Å². The van der Waals surface area contributed by atoms with Gasteiger partial charge in [0.15, 0.2) is 0 Å². The van der Waals surface area contributed by atoms with E-state index in [4.69, 9.17) is 4.52 Å². The van der Waals surface area contributed by atoms with Crippen molar-refractivity contribution in [2.45, 2.75) is 39.8 Å². The Morgan fingerprint density at radius 2 is 1.83 bits per heavy atom. The van der Waals surface area contributed by atoms with Crippen LogP contribution in [0.4, 0.5) is 0 Å². The molecule has 0 saturated heterocycles. The van der Waals surface area contributed by atoms with Gasteiger partial charge in [0.05, 0.1) is 6.54 Å². The molecule has 0 saturated carbocycles. The van der Waals surface area contributed by atoms with E-state index < -0.39 is 0 Å². The van der Waals surface area contributed by atoms with Crippen LogP contribution in [0.5, 0.6) is 0 Å². The Morgan fingerprint density at radius 3 is 2.44 bits per heavy atom. The summed E-state index contributed by atoms with van der Waals surface area (Å²) in [6.45, 7) is 8.69. The smallest absolute Gasteiger partial charge is 0.241 e. The van der Waals surface area contributed by atoms with Gasteiger partial charge in [-0.3, -0.25) is 0 Å². The third kappa shape index (κ3) is 3.33. The summed E-state index contributed by atoms with van der Waals surface area (Å²) in [5.41, 5.74) is 1.01. The molecule has 0 atom stereocenters. The summed E-state index contributed by atoms with van der Waals surface area (Å²) in [6, 6.07) is 0. The largest absolute Gasteiger partial charge is 0.337 e. The van der Waals surface area contributed by atoms with Crippen molar-refractivity contribution in [2.24, 2.45) is 0 Å². The van der Waals surface area contributed by atoms with Crippen LogP contribution < -0.4 is 5.32 Å². The highest BCUT2D eigenvalue weighted by Crippen LogP contribution is 2.10. The minimum absolute atomic E-state index is 0.00892. The molecule has 96 valence electrons. The number of nitrogens with one attached hydrogen (secondary N) is 1. The van der Waals surface area contributed by atoms with Gasteiger partial charge in [0.25, 0.3) is 0 Å². The lowest BCUT2D eigenvalue weighted by Gasteiger charge is -2.18. The van der Waals surface area contributed by atoms with Gasteiger partial charge in [-0.15, -0.1) is 0 Å². The lowest BCUT2D eigenvalue weighted by Crippen LogP contribution is -2.35. The molecule has 18 heavy (non-hydrogen) atoms. The van der Waals surface area contributed by atoms with Gasteiger partial charge in [-0.1, -0.05) is 5.16 Å². The predicted octanol–water partition coefficient (Wildman–Crippen LogP) is 1.72. The second-order valence-electron chi connectivity index (χ2n) is 5.20. The normalized spacial score (nSPS) is 11.8. The lowest BCUT2D eigenvalue weighted by molar-refractivity contribution is 0.336. The molecule has 0 aliphatic carbocycles. The van der Waals surface area contributed by atoms with Crippen LogP contribution in [0.2, 0.25) is 0 Å². The maximum atomic E-state index is 5.14. The highest BCUT2D eigenvalue weighted by molar-refractivity contribution is 5.40. The standard InChI is InChI=1S/C12H17N5O/c1-8-5-13-10(14-6-8)11-16-9(18-17-11)7-15-12(2,3)4/h5-6,15H,7H2,1-4H3. The van der Waals surface area contributed by atoms with Crippen molar-refractivity contribution in [2.75, 3.05) is 0 Å². The molecular formula is C12H17N5O. The van der Waals surface area contributed by atoms with E-state index in [9.17, 15) is 0 Å². The zero-order chi connectivity index (χ0) is 13.2. The Labute approximate surface area is 106 Å². The van der Waals surface area contributed by atoms with Crippen LogP contribution in [0, 0.1) is 6.92 Å². The molecule has 1 N–H and O–H groups in total. The third-order valence-corrected chi connectivity index (χ3v) is 2.22. The SMILES string of the molecule is Cc1cnc(-c2noc(CNC(C)(C)C)n2)nc1. The molecule has 2 aromatic rings. The van der Waals surface area contributed by atoms with E-state index in [1.165, 1.54) is 0 Å². The van der Waals surface area contributed by atoms with Crippen molar-refractivity contribution >= 4 is 0 Å². The van der Waals surface area contributed by atoms with Crippen LogP contribution in [0.25, 0.3) is 11.6 Å². The van der Waals surface area contributed by atoms with E-state index in [-0.39, 0.29) is 5.54 Å². The van der Waals surface area contributed by atoms with E-state index >= 15 is 0 Å². The number of aryl methyl sites for hydroxylation is 1. The minimum Gasteiger partial charge on any atom is -0.337 e. The summed E-state index contributed by atoms with van der Waals surface area (Å²) in [7, 11) is 0. The molecule has 0 spiro atoms. The molecule has 0 amide bonds. The first-order chi connectivity index (χ1) is 8.44. The highest BCUT2D eigenvalue weighted by Gasteiger charge is 2.14. The van der Waals surface area contributed by atoms with Gasteiger partial charge in [-0.05, 0) is 33.3 Å². The Hall–Kier alpha value is -1.82. The minimum atomic E-state index is 0.00892. The van der Waals surface area contributed by atoms with E-state index in [1.807, 2.05) is 6.92 Å². The van der Waals surface area contributed by atoms with Crippen molar-refractivity contribution in [3.8, 4) is 11.6 Å². The fourth-order valence-corrected chi connectivity index (χ4v) is 1.27. The molecule has 6 heteroatoms. The Bertz CT molecular complexity index is 512. The van der Waals surface area contributed by atoms with Crippen LogP contribution >= 0.6 is 0 Å². The monoisotopic (exact) mass is 247 g/mol. The van der Waals surface area contributed by atoms with Crippen molar-refractivity contribution in [3.05, 3.63) is 23.8 Å². The van der Waals surface area contributed by atoms with Crippen molar-refractivity contribution in [1.29, 1.82) is 0 Å². The predicted molar refractivity (Wildman–Crippen MR) is 66.7 cm³/mol. The number of rotatable bonds is 3.